The molecule has 0 bridgehead atoms. The average Bonchev–Trinajstić information content (AvgIpc) is 2.64. The normalized spacial score (nSPS) is 10.8. The Hall–Kier alpha value is -2.93. The van der Waals surface area contributed by atoms with Gasteiger partial charge in [-0.3, -0.25) is 4.79 Å². The third-order valence-corrected chi connectivity index (χ3v) is 4.65. The van der Waals surface area contributed by atoms with Gasteiger partial charge in [-0.15, -0.1) is 0 Å². The minimum Gasteiger partial charge on any atom is -0.378 e. The molecule has 0 aliphatic carbocycles. The van der Waals surface area contributed by atoms with Crippen molar-refractivity contribution in [3.63, 3.8) is 0 Å². The highest BCUT2D eigenvalue weighted by Crippen LogP contribution is 2.24. The maximum absolute atomic E-state index is 14.0. The molecule has 5 nitrogen and oxygen atoms in total. The second kappa shape index (κ2) is 7.98. The number of anilines is 2. The lowest BCUT2D eigenvalue weighted by atomic mass is 10.2. The minimum absolute atomic E-state index is 0.0926. The summed E-state index contributed by atoms with van der Waals surface area (Å²) in [5.74, 6) is -1.64. The molecule has 0 N–H and O–H groups in total. The number of hydrogen-bond donors (Lipinski definition) is 0. The third kappa shape index (κ3) is 3.99. The fourth-order valence-corrected chi connectivity index (χ4v) is 3.08. The van der Waals surface area contributed by atoms with Gasteiger partial charge >= 0.3 is 0 Å². The number of halogens is 3. The van der Waals surface area contributed by atoms with Crippen LogP contribution in [-0.4, -0.2) is 30.9 Å². The van der Waals surface area contributed by atoms with Crippen LogP contribution in [0, 0.1) is 11.6 Å². The van der Waals surface area contributed by atoms with E-state index in [-0.39, 0.29) is 10.7 Å². The van der Waals surface area contributed by atoms with Crippen LogP contribution < -0.4 is 15.4 Å². The van der Waals surface area contributed by atoms with Gasteiger partial charge in [0.2, 0.25) is 0 Å². The van der Waals surface area contributed by atoms with Crippen LogP contribution in [0.1, 0.15) is 5.56 Å². The summed E-state index contributed by atoms with van der Waals surface area (Å²) in [6.45, 7) is 0.497. The first kappa shape index (κ1) is 19.8. The topological polar surface area (TPSA) is 41.4 Å². The quantitative estimate of drug-likeness (QED) is 0.647. The summed E-state index contributed by atoms with van der Waals surface area (Å²) in [5.41, 5.74) is 1.65. The summed E-state index contributed by atoms with van der Waals surface area (Å²) in [6.07, 6.45) is 1.39. The molecule has 0 saturated heterocycles. The van der Waals surface area contributed by atoms with Gasteiger partial charge in [0.1, 0.15) is 16.5 Å². The monoisotopic (exact) mass is 404 g/mol. The van der Waals surface area contributed by atoms with E-state index in [1.165, 1.54) is 6.20 Å². The smallest absolute Gasteiger partial charge is 0.292 e. The van der Waals surface area contributed by atoms with Crippen molar-refractivity contribution in [3.8, 4) is 5.69 Å². The van der Waals surface area contributed by atoms with Gasteiger partial charge < -0.3 is 9.80 Å². The standard InChI is InChI=1S/C20H19ClF2N4O/c1-25(2)15-6-4-5-13(9-15)12-26(3)18-11-24-27(20(28)19(18)21)17-8-7-14(22)10-16(17)23/h4-11H,12H2,1-3H3. The van der Waals surface area contributed by atoms with E-state index in [0.717, 1.165) is 28.1 Å². The lowest BCUT2D eigenvalue weighted by molar-refractivity contribution is 0.570. The highest BCUT2D eigenvalue weighted by atomic mass is 35.5. The fourth-order valence-electron chi connectivity index (χ4n) is 2.81. The van der Waals surface area contributed by atoms with Crippen molar-refractivity contribution in [1.29, 1.82) is 0 Å². The lowest BCUT2D eigenvalue weighted by Gasteiger charge is -2.21. The van der Waals surface area contributed by atoms with Crippen molar-refractivity contribution in [3.05, 3.63) is 81.2 Å². The van der Waals surface area contributed by atoms with Gasteiger partial charge in [-0.05, 0) is 29.8 Å². The van der Waals surface area contributed by atoms with E-state index in [1.54, 1.807) is 11.9 Å². The largest absolute Gasteiger partial charge is 0.378 e. The van der Waals surface area contributed by atoms with E-state index in [9.17, 15) is 13.6 Å². The molecule has 0 amide bonds. The summed E-state index contributed by atoms with van der Waals surface area (Å²) in [7, 11) is 5.70. The number of aromatic nitrogens is 2. The third-order valence-electron chi connectivity index (χ3n) is 4.30. The van der Waals surface area contributed by atoms with Crippen LogP contribution in [-0.2, 0) is 6.54 Å². The van der Waals surface area contributed by atoms with Gasteiger partial charge in [-0.1, -0.05) is 23.7 Å². The molecule has 3 aromatic rings. The molecule has 2 aromatic carbocycles. The zero-order valence-electron chi connectivity index (χ0n) is 15.7. The highest BCUT2D eigenvalue weighted by Gasteiger charge is 2.16. The predicted molar refractivity (Wildman–Crippen MR) is 108 cm³/mol. The Morgan fingerprint density at radius 2 is 1.86 bits per heavy atom. The fraction of sp³-hybridized carbons (Fsp3) is 0.200. The summed E-state index contributed by atoms with van der Waals surface area (Å²) in [5, 5.41) is 3.92. The molecule has 0 aliphatic heterocycles. The molecule has 146 valence electrons. The van der Waals surface area contributed by atoms with Gasteiger partial charge in [0.15, 0.2) is 5.82 Å². The van der Waals surface area contributed by atoms with Crippen LogP contribution >= 0.6 is 11.6 Å². The van der Waals surface area contributed by atoms with Gasteiger partial charge in [0.25, 0.3) is 5.56 Å². The van der Waals surface area contributed by atoms with Crippen molar-refractivity contribution in [1.82, 2.24) is 9.78 Å². The van der Waals surface area contributed by atoms with Crippen LogP contribution in [0.25, 0.3) is 5.69 Å². The Morgan fingerprint density at radius 1 is 1.11 bits per heavy atom. The zero-order valence-corrected chi connectivity index (χ0v) is 16.4. The van der Waals surface area contributed by atoms with Crippen molar-refractivity contribution in [2.75, 3.05) is 30.9 Å². The molecule has 28 heavy (non-hydrogen) atoms. The molecule has 1 aromatic heterocycles. The summed E-state index contributed by atoms with van der Waals surface area (Å²) in [6, 6.07) is 10.8. The molecular formula is C20H19ClF2N4O. The van der Waals surface area contributed by atoms with E-state index < -0.39 is 17.2 Å². The van der Waals surface area contributed by atoms with E-state index >= 15 is 0 Å². The maximum Gasteiger partial charge on any atom is 0.292 e. The summed E-state index contributed by atoms with van der Waals surface area (Å²) in [4.78, 5) is 16.4. The number of hydrogen-bond acceptors (Lipinski definition) is 4. The Labute approximate surface area is 166 Å². The minimum atomic E-state index is -0.896. The molecular weight excluding hydrogens is 386 g/mol. The lowest BCUT2D eigenvalue weighted by Crippen LogP contribution is -2.26. The first-order chi connectivity index (χ1) is 13.3. The second-order valence-electron chi connectivity index (χ2n) is 6.58. The van der Waals surface area contributed by atoms with Crippen LogP contribution in [0.4, 0.5) is 20.2 Å². The van der Waals surface area contributed by atoms with Crippen molar-refractivity contribution in [2.24, 2.45) is 0 Å². The molecule has 0 unspecified atom stereocenters. The summed E-state index contributed by atoms with van der Waals surface area (Å²) < 4.78 is 27.9. The van der Waals surface area contributed by atoms with E-state index in [2.05, 4.69) is 5.10 Å². The molecule has 0 aliphatic rings. The zero-order chi connectivity index (χ0) is 20.4. The number of benzene rings is 2. The van der Waals surface area contributed by atoms with Crippen LogP contribution in [0.2, 0.25) is 5.02 Å². The number of rotatable bonds is 5. The van der Waals surface area contributed by atoms with E-state index in [1.807, 2.05) is 43.3 Å². The molecule has 0 saturated carbocycles. The first-order valence-corrected chi connectivity index (χ1v) is 8.86. The van der Waals surface area contributed by atoms with Gasteiger partial charge in [-0.2, -0.15) is 9.78 Å². The summed E-state index contributed by atoms with van der Waals surface area (Å²) >= 11 is 6.25. The number of nitrogens with zero attached hydrogens (tertiary/aromatic N) is 4. The highest BCUT2D eigenvalue weighted by molar-refractivity contribution is 6.33. The van der Waals surface area contributed by atoms with Crippen LogP contribution in [0.15, 0.2) is 53.5 Å². The van der Waals surface area contributed by atoms with Gasteiger partial charge in [0.05, 0.1) is 11.9 Å². The maximum atomic E-state index is 14.0. The Bertz CT molecular complexity index is 1070. The van der Waals surface area contributed by atoms with Crippen molar-refractivity contribution >= 4 is 23.0 Å². The van der Waals surface area contributed by atoms with Crippen LogP contribution in [0.5, 0.6) is 0 Å². The molecule has 0 spiro atoms. The molecule has 0 fully saturated rings. The van der Waals surface area contributed by atoms with Gasteiger partial charge in [0, 0.05) is 39.4 Å². The van der Waals surface area contributed by atoms with Crippen molar-refractivity contribution in [2.45, 2.75) is 6.54 Å². The van der Waals surface area contributed by atoms with E-state index in [0.29, 0.717) is 18.3 Å². The molecule has 8 heteroatoms. The Kier molecular flexibility index (Phi) is 5.65. The SMILES string of the molecule is CN(C)c1cccc(CN(C)c2cnn(-c3ccc(F)cc3F)c(=O)c2Cl)c1. The van der Waals surface area contributed by atoms with E-state index in [4.69, 9.17) is 11.6 Å². The average molecular weight is 405 g/mol. The Balaban J connectivity index is 1.92. The molecule has 3 rings (SSSR count). The first-order valence-electron chi connectivity index (χ1n) is 8.48. The van der Waals surface area contributed by atoms with Gasteiger partial charge in [-0.25, -0.2) is 8.78 Å². The van der Waals surface area contributed by atoms with Crippen molar-refractivity contribution < 1.29 is 8.78 Å². The van der Waals surface area contributed by atoms with Crippen LogP contribution in [0.3, 0.4) is 0 Å². The Morgan fingerprint density at radius 3 is 2.54 bits per heavy atom. The molecule has 1 heterocycles. The molecule has 0 radical (unpaired) electrons. The predicted octanol–water partition coefficient (Wildman–Crippen LogP) is 3.87. The molecule has 0 atom stereocenters. The second-order valence-corrected chi connectivity index (χ2v) is 6.95.